The summed E-state index contributed by atoms with van der Waals surface area (Å²) in [6, 6.07) is 0. The molecule has 0 aromatic carbocycles. The summed E-state index contributed by atoms with van der Waals surface area (Å²) in [5, 5.41) is 10.2. The largest absolute Gasteiger partial charge is 0.385 e. The number of aliphatic hydroxyl groups is 1. The predicted octanol–water partition coefficient (Wildman–Crippen LogP) is 1.68. The summed E-state index contributed by atoms with van der Waals surface area (Å²) >= 11 is 0. The Labute approximate surface area is 78.6 Å². The van der Waals surface area contributed by atoms with Crippen LogP contribution in [0.4, 0.5) is 0 Å². The average molecular weight is 180 g/mol. The molecule has 0 aliphatic heterocycles. The number of carbonyl (C=O) groups is 1. The lowest BCUT2D eigenvalue weighted by Gasteiger charge is -2.45. The molecule has 3 aliphatic rings. The fraction of sp³-hybridized carbons (Fsp3) is 0.727. The molecule has 0 spiro atoms. The molecule has 3 aliphatic carbocycles. The Morgan fingerprint density at radius 2 is 2.38 bits per heavy atom. The maximum Gasteiger partial charge on any atom is 0.136 e. The van der Waals surface area contributed by atoms with Crippen molar-refractivity contribution in [1.29, 1.82) is 0 Å². The molecule has 0 saturated heterocycles. The lowest BCUT2D eigenvalue weighted by atomic mass is 9.62. The van der Waals surface area contributed by atoms with Crippen molar-refractivity contribution in [2.75, 3.05) is 0 Å². The van der Waals surface area contributed by atoms with E-state index in [1.165, 1.54) is 5.57 Å². The highest BCUT2D eigenvalue weighted by atomic mass is 16.3. The summed E-state index contributed by atoms with van der Waals surface area (Å²) < 4.78 is 0. The summed E-state index contributed by atoms with van der Waals surface area (Å²) in [4.78, 5) is 11.3. The van der Waals surface area contributed by atoms with Crippen LogP contribution in [0.3, 0.4) is 0 Å². The summed E-state index contributed by atoms with van der Waals surface area (Å²) in [5.74, 6) is 0.536. The van der Waals surface area contributed by atoms with Crippen LogP contribution in [0, 0.1) is 11.8 Å². The molecule has 1 saturated carbocycles. The van der Waals surface area contributed by atoms with Crippen LogP contribution in [0.25, 0.3) is 0 Å². The molecule has 3 unspecified atom stereocenters. The Bertz CT molecular complexity index is 280. The van der Waals surface area contributed by atoms with Gasteiger partial charge in [-0.2, -0.15) is 0 Å². The van der Waals surface area contributed by atoms with Crippen molar-refractivity contribution < 1.29 is 9.90 Å². The lowest BCUT2D eigenvalue weighted by molar-refractivity contribution is -0.132. The van der Waals surface area contributed by atoms with Gasteiger partial charge in [-0.25, -0.2) is 0 Å². The summed E-state index contributed by atoms with van der Waals surface area (Å²) in [5.41, 5.74) is 0.455. The molecule has 3 atom stereocenters. The van der Waals surface area contributed by atoms with Crippen LogP contribution in [0.15, 0.2) is 11.6 Å². The summed E-state index contributed by atoms with van der Waals surface area (Å²) in [7, 11) is 0. The number of hydrogen-bond donors (Lipinski definition) is 1. The number of rotatable bonds is 1. The number of carbonyl (C=O) groups excluding carboxylic acids is 1. The van der Waals surface area contributed by atoms with Gasteiger partial charge in [0.25, 0.3) is 0 Å². The van der Waals surface area contributed by atoms with Crippen LogP contribution in [-0.2, 0) is 4.79 Å². The SMILES string of the molecule is CC(=O)C1CC2CCC1(O)C=C2C. The van der Waals surface area contributed by atoms with Gasteiger partial charge < -0.3 is 5.11 Å². The van der Waals surface area contributed by atoms with Crippen LogP contribution in [0.1, 0.15) is 33.1 Å². The molecule has 0 aromatic heterocycles. The van der Waals surface area contributed by atoms with E-state index >= 15 is 0 Å². The van der Waals surface area contributed by atoms with Gasteiger partial charge in [-0.1, -0.05) is 11.6 Å². The molecule has 72 valence electrons. The Balaban J connectivity index is 2.36. The van der Waals surface area contributed by atoms with E-state index in [0.717, 1.165) is 19.3 Å². The van der Waals surface area contributed by atoms with E-state index in [0.29, 0.717) is 5.92 Å². The molecule has 0 heterocycles. The highest BCUT2D eigenvalue weighted by Gasteiger charge is 2.47. The zero-order valence-corrected chi connectivity index (χ0v) is 8.21. The van der Waals surface area contributed by atoms with Crippen LogP contribution < -0.4 is 0 Å². The van der Waals surface area contributed by atoms with Crippen molar-refractivity contribution in [2.24, 2.45) is 11.8 Å². The second-order valence-electron chi connectivity index (χ2n) is 4.51. The molecule has 2 bridgehead atoms. The van der Waals surface area contributed by atoms with Gasteiger partial charge in [0.15, 0.2) is 0 Å². The van der Waals surface area contributed by atoms with Crippen LogP contribution >= 0.6 is 0 Å². The van der Waals surface area contributed by atoms with Gasteiger partial charge in [0.2, 0.25) is 0 Å². The van der Waals surface area contributed by atoms with E-state index in [2.05, 4.69) is 6.92 Å². The van der Waals surface area contributed by atoms with Crippen molar-refractivity contribution in [1.82, 2.24) is 0 Å². The first kappa shape index (κ1) is 8.95. The third kappa shape index (κ3) is 1.24. The molecule has 2 nitrogen and oxygen atoms in total. The van der Waals surface area contributed by atoms with Crippen molar-refractivity contribution >= 4 is 5.78 Å². The number of allylic oxidation sites excluding steroid dienone is 1. The lowest BCUT2D eigenvalue weighted by Crippen LogP contribution is -2.48. The molecular formula is C11H16O2. The quantitative estimate of drug-likeness (QED) is 0.623. The Morgan fingerprint density at radius 3 is 2.85 bits per heavy atom. The molecular weight excluding hydrogens is 164 g/mol. The number of ketones is 1. The first-order valence-corrected chi connectivity index (χ1v) is 4.95. The van der Waals surface area contributed by atoms with E-state index in [9.17, 15) is 9.90 Å². The van der Waals surface area contributed by atoms with E-state index < -0.39 is 5.60 Å². The minimum atomic E-state index is -0.815. The maximum absolute atomic E-state index is 11.3. The van der Waals surface area contributed by atoms with Gasteiger partial charge in [-0.15, -0.1) is 0 Å². The Hall–Kier alpha value is -0.630. The second kappa shape index (κ2) is 2.68. The zero-order chi connectivity index (χ0) is 9.64. The van der Waals surface area contributed by atoms with Gasteiger partial charge >= 0.3 is 0 Å². The number of hydrogen-bond acceptors (Lipinski definition) is 2. The summed E-state index contributed by atoms with van der Waals surface area (Å²) in [6.07, 6.45) is 4.58. The van der Waals surface area contributed by atoms with Crippen molar-refractivity contribution in [2.45, 2.75) is 38.7 Å². The molecule has 3 rings (SSSR count). The van der Waals surface area contributed by atoms with Crippen molar-refractivity contribution in [3.63, 3.8) is 0 Å². The zero-order valence-electron chi connectivity index (χ0n) is 8.21. The van der Waals surface area contributed by atoms with E-state index in [4.69, 9.17) is 0 Å². The van der Waals surface area contributed by atoms with Crippen LogP contribution in [0.5, 0.6) is 0 Å². The van der Waals surface area contributed by atoms with Gasteiger partial charge in [-0.05, 0) is 39.0 Å². The molecule has 13 heavy (non-hydrogen) atoms. The monoisotopic (exact) mass is 180 g/mol. The molecule has 0 amide bonds. The highest BCUT2D eigenvalue weighted by molar-refractivity contribution is 5.80. The first-order chi connectivity index (χ1) is 6.03. The minimum Gasteiger partial charge on any atom is -0.385 e. The molecule has 0 aromatic rings. The maximum atomic E-state index is 11.3. The van der Waals surface area contributed by atoms with E-state index in [1.807, 2.05) is 6.08 Å². The molecule has 1 fully saturated rings. The van der Waals surface area contributed by atoms with Gasteiger partial charge in [0.1, 0.15) is 5.78 Å². The van der Waals surface area contributed by atoms with Gasteiger partial charge in [0.05, 0.1) is 11.5 Å². The molecule has 0 radical (unpaired) electrons. The second-order valence-corrected chi connectivity index (χ2v) is 4.51. The highest BCUT2D eigenvalue weighted by Crippen LogP contribution is 2.46. The number of Topliss-reactive ketones (excluding diaryl/α,β-unsaturated/α-hetero) is 1. The Kier molecular flexibility index (Phi) is 1.84. The summed E-state index contributed by atoms with van der Waals surface area (Å²) in [6.45, 7) is 3.65. The minimum absolute atomic E-state index is 0.135. The predicted molar refractivity (Wildman–Crippen MR) is 50.2 cm³/mol. The Morgan fingerprint density at radius 1 is 1.69 bits per heavy atom. The normalized spacial score (nSPS) is 43.2. The van der Waals surface area contributed by atoms with Crippen LogP contribution in [0.2, 0.25) is 0 Å². The molecule has 1 N–H and O–H groups in total. The van der Waals surface area contributed by atoms with E-state index in [1.54, 1.807) is 6.92 Å². The average Bonchev–Trinajstić information content (AvgIpc) is 2.02. The third-order valence-corrected chi connectivity index (χ3v) is 3.63. The third-order valence-electron chi connectivity index (χ3n) is 3.63. The van der Waals surface area contributed by atoms with Crippen LogP contribution in [-0.4, -0.2) is 16.5 Å². The van der Waals surface area contributed by atoms with Gasteiger partial charge in [-0.3, -0.25) is 4.79 Å². The standard InChI is InChI=1S/C11H16O2/c1-7-6-11(13)4-3-9(7)5-10(11)8(2)12/h6,9-10,13H,3-5H2,1-2H3. The topological polar surface area (TPSA) is 37.3 Å². The fourth-order valence-corrected chi connectivity index (χ4v) is 2.80. The number of fused-ring (bicyclic) bond motifs is 2. The van der Waals surface area contributed by atoms with E-state index in [-0.39, 0.29) is 11.7 Å². The fourth-order valence-electron chi connectivity index (χ4n) is 2.80. The van der Waals surface area contributed by atoms with Crippen molar-refractivity contribution in [3.8, 4) is 0 Å². The van der Waals surface area contributed by atoms with Crippen molar-refractivity contribution in [3.05, 3.63) is 11.6 Å². The molecule has 2 heteroatoms. The smallest absolute Gasteiger partial charge is 0.136 e. The first-order valence-electron chi connectivity index (χ1n) is 4.95. The van der Waals surface area contributed by atoms with Gasteiger partial charge in [0, 0.05) is 0 Å².